The van der Waals surface area contributed by atoms with Gasteiger partial charge in [0.1, 0.15) is 0 Å². The van der Waals surface area contributed by atoms with Gasteiger partial charge in [0.05, 0.1) is 5.69 Å². The lowest BCUT2D eigenvalue weighted by atomic mass is 10.2. The van der Waals surface area contributed by atoms with Gasteiger partial charge in [-0.15, -0.1) is 0 Å². The summed E-state index contributed by atoms with van der Waals surface area (Å²) in [6.07, 6.45) is 2.99. The highest BCUT2D eigenvalue weighted by Crippen LogP contribution is 2.25. The Balaban J connectivity index is 2.03. The fourth-order valence-electron chi connectivity index (χ4n) is 1.75. The number of anilines is 1. The number of carbonyl (C=O) groups is 1. The Bertz CT molecular complexity index is 636. The lowest BCUT2D eigenvalue weighted by Crippen LogP contribution is -2.38. The Morgan fingerprint density at radius 1 is 1.05 bits per heavy atom. The van der Waals surface area contributed by atoms with Crippen LogP contribution in [0.15, 0.2) is 54.6 Å². The molecule has 2 aromatic rings. The van der Waals surface area contributed by atoms with E-state index < -0.39 is 0 Å². The molecular formula is C16H14Cl2N2O. The van der Waals surface area contributed by atoms with Gasteiger partial charge in [0.25, 0.3) is 5.91 Å². The van der Waals surface area contributed by atoms with E-state index in [0.29, 0.717) is 15.6 Å². The first-order chi connectivity index (χ1) is 10.1. The average Bonchev–Trinajstić information content (AvgIpc) is 2.47. The van der Waals surface area contributed by atoms with Gasteiger partial charge in [-0.25, -0.2) is 0 Å². The Morgan fingerprint density at radius 3 is 2.29 bits per heavy atom. The molecule has 21 heavy (non-hydrogen) atoms. The summed E-state index contributed by atoms with van der Waals surface area (Å²) in [4.78, 5) is 11.9. The van der Waals surface area contributed by atoms with E-state index in [2.05, 4.69) is 5.43 Å². The summed E-state index contributed by atoms with van der Waals surface area (Å²) in [7, 11) is 1.77. The van der Waals surface area contributed by atoms with E-state index in [1.165, 1.54) is 6.08 Å². The maximum Gasteiger partial charge on any atom is 0.262 e. The molecule has 2 rings (SSSR count). The Kier molecular flexibility index (Phi) is 5.26. The van der Waals surface area contributed by atoms with Crippen molar-refractivity contribution in [3.63, 3.8) is 0 Å². The molecule has 0 aliphatic carbocycles. The Morgan fingerprint density at radius 2 is 1.67 bits per heavy atom. The SMILES string of the molecule is CN(NC(=O)/C=C/c1c(Cl)cccc1Cl)c1ccccc1. The molecule has 0 radical (unpaired) electrons. The van der Waals surface area contributed by atoms with Crippen molar-refractivity contribution in [3.05, 3.63) is 70.2 Å². The van der Waals surface area contributed by atoms with Gasteiger partial charge in [0.15, 0.2) is 0 Å². The van der Waals surface area contributed by atoms with Gasteiger partial charge in [-0.1, -0.05) is 47.5 Å². The molecule has 5 heteroatoms. The van der Waals surface area contributed by atoms with Gasteiger partial charge in [-0.05, 0) is 30.3 Å². The minimum atomic E-state index is -0.266. The third-order valence-corrected chi connectivity index (χ3v) is 3.48. The first-order valence-corrected chi connectivity index (χ1v) is 7.05. The van der Waals surface area contributed by atoms with Crippen LogP contribution in [0, 0.1) is 0 Å². The normalized spacial score (nSPS) is 10.6. The van der Waals surface area contributed by atoms with Gasteiger partial charge in [0, 0.05) is 28.7 Å². The quantitative estimate of drug-likeness (QED) is 0.677. The van der Waals surface area contributed by atoms with Crippen molar-refractivity contribution in [3.8, 4) is 0 Å². The van der Waals surface area contributed by atoms with Crippen LogP contribution in [-0.2, 0) is 4.79 Å². The van der Waals surface area contributed by atoms with Gasteiger partial charge in [0.2, 0.25) is 0 Å². The Labute approximate surface area is 133 Å². The fraction of sp³-hybridized carbons (Fsp3) is 0.0625. The van der Waals surface area contributed by atoms with Crippen LogP contribution >= 0.6 is 23.2 Å². The number of nitrogens with one attached hydrogen (secondary N) is 1. The molecule has 0 aliphatic heterocycles. The van der Waals surface area contributed by atoms with E-state index in [1.54, 1.807) is 36.3 Å². The summed E-state index contributed by atoms with van der Waals surface area (Å²) in [5, 5.41) is 2.65. The largest absolute Gasteiger partial charge is 0.288 e. The molecule has 1 amide bonds. The maximum absolute atomic E-state index is 11.9. The van der Waals surface area contributed by atoms with Crippen LogP contribution in [0.5, 0.6) is 0 Å². The van der Waals surface area contributed by atoms with Gasteiger partial charge in [-0.3, -0.25) is 15.2 Å². The molecule has 0 bridgehead atoms. The van der Waals surface area contributed by atoms with Crippen LogP contribution < -0.4 is 10.4 Å². The van der Waals surface area contributed by atoms with E-state index >= 15 is 0 Å². The lowest BCUT2D eigenvalue weighted by Gasteiger charge is -2.19. The van der Waals surface area contributed by atoms with E-state index in [9.17, 15) is 4.79 Å². The predicted octanol–water partition coefficient (Wildman–Crippen LogP) is 4.17. The number of carbonyl (C=O) groups excluding carboxylic acids is 1. The van der Waals surface area contributed by atoms with E-state index in [1.807, 2.05) is 30.3 Å². The zero-order chi connectivity index (χ0) is 15.2. The summed E-state index contributed by atoms with van der Waals surface area (Å²) in [5.41, 5.74) is 4.23. The number of nitrogens with zero attached hydrogens (tertiary/aromatic N) is 1. The highest BCUT2D eigenvalue weighted by atomic mass is 35.5. The molecule has 1 N–H and O–H groups in total. The number of hydrogen-bond donors (Lipinski definition) is 1. The monoisotopic (exact) mass is 320 g/mol. The molecule has 0 spiro atoms. The molecule has 3 nitrogen and oxygen atoms in total. The zero-order valence-corrected chi connectivity index (χ0v) is 12.9. The molecule has 0 atom stereocenters. The highest BCUT2D eigenvalue weighted by molar-refractivity contribution is 6.37. The number of hydrazine groups is 1. The van der Waals surface area contributed by atoms with Crippen molar-refractivity contribution in [1.82, 2.24) is 5.43 Å². The predicted molar refractivity (Wildman–Crippen MR) is 88.5 cm³/mol. The molecule has 108 valence electrons. The minimum absolute atomic E-state index is 0.266. The van der Waals surface area contributed by atoms with Crippen molar-refractivity contribution in [2.24, 2.45) is 0 Å². The van der Waals surface area contributed by atoms with E-state index in [-0.39, 0.29) is 5.91 Å². The molecule has 0 saturated carbocycles. The number of benzene rings is 2. The smallest absolute Gasteiger partial charge is 0.262 e. The Hall–Kier alpha value is -1.97. The fourth-order valence-corrected chi connectivity index (χ4v) is 2.27. The van der Waals surface area contributed by atoms with Crippen molar-refractivity contribution in [2.75, 3.05) is 12.1 Å². The minimum Gasteiger partial charge on any atom is -0.288 e. The van der Waals surface area contributed by atoms with Gasteiger partial charge in [-0.2, -0.15) is 0 Å². The second-order valence-electron chi connectivity index (χ2n) is 4.34. The number of para-hydroxylation sites is 1. The number of hydrogen-bond acceptors (Lipinski definition) is 2. The molecule has 0 unspecified atom stereocenters. The molecule has 0 heterocycles. The highest BCUT2D eigenvalue weighted by Gasteiger charge is 2.05. The molecule has 0 aromatic heterocycles. The maximum atomic E-state index is 11.9. The summed E-state index contributed by atoms with van der Waals surface area (Å²) in [6.45, 7) is 0. The number of halogens is 2. The number of rotatable bonds is 4. The van der Waals surface area contributed by atoms with Crippen molar-refractivity contribution in [2.45, 2.75) is 0 Å². The first kappa shape index (κ1) is 15.4. The third kappa shape index (κ3) is 4.25. The zero-order valence-electron chi connectivity index (χ0n) is 11.4. The van der Waals surface area contributed by atoms with Gasteiger partial charge < -0.3 is 0 Å². The third-order valence-electron chi connectivity index (χ3n) is 2.82. The van der Waals surface area contributed by atoms with Crippen molar-refractivity contribution < 1.29 is 4.79 Å². The van der Waals surface area contributed by atoms with Crippen molar-refractivity contribution in [1.29, 1.82) is 0 Å². The molecular weight excluding hydrogens is 307 g/mol. The topological polar surface area (TPSA) is 32.3 Å². The standard InChI is InChI=1S/C16H14Cl2N2O/c1-20(12-6-3-2-4-7-12)19-16(21)11-10-13-14(17)8-5-9-15(13)18/h2-11H,1H3,(H,19,21)/b11-10+. The van der Waals surface area contributed by atoms with Crippen LogP contribution in [0.3, 0.4) is 0 Å². The number of amides is 1. The molecule has 0 saturated heterocycles. The molecule has 0 aliphatic rings. The first-order valence-electron chi connectivity index (χ1n) is 6.29. The molecule has 2 aromatic carbocycles. The summed E-state index contributed by atoms with van der Waals surface area (Å²) >= 11 is 12.1. The van der Waals surface area contributed by atoms with Crippen LogP contribution in [0.25, 0.3) is 6.08 Å². The second-order valence-corrected chi connectivity index (χ2v) is 5.15. The van der Waals surface area contributed by atoms with Crippen LogP contribution in [0.2, 0.25) is 10.0 Å². The van der Waals surface area contributed by atoms with E-state index in [4.69, 9.17) is 23.2 Å². The molecule has 0 fully saturated rings. The average molecular weight is 321 g/mol. The lowest BCUT2D eigenvalue weighted by molar-refractivity contribution is -0.116. The summed E-state index contributed by atoms with van der Waals surface area (Å²) in [6, 6.07) is 14.7. The van der Waals surface area contributed by atoms with Crippen LogP contribution in [-0.4, -0.2) is 13.0 Å². The van der Waals surface area contributed by atoms with Crippen LogP contribution in [0.4, 0.5) is 5.69 Å². The second kappa shape index (κ2) is 7.16. The van der Waals surface area contributed by atoms with E-state index in [0.717, 1.165) is 5.69 Å². The van der Waals surface area contributed by atoms with Crippen molar-refractivity contribution >= 4 is 40.9 Å². The summed E-state index contributed by atoms with van der Waals surface area (Å²) < 4.78 is 0. The van der Waals surface area contributed by atoms with Gasteiger partial charge >= 0.3 is 0 Å². The van der Waals surface area contributed by atoms with Crippen LogP contribution in [0.1, 0.15) is 5.56 Å². The summed E-state index contributed by atoms with van der Waals surface area (Å²) in [5.74, 6) is -0.266.